The molecule has 1 amide bonds. The first-order chi connectivity index (χ1) is 11.5. The summed E-state index contributed by atoms with van der Waals surface area (Å²) in [6.07, 6.45) is 5.37. The van der Waals surface area contributed by atoms with Gasteiger partial charge in [0.05, 0.1) is 5.69 Å². The highest BCUT2D eigenvalue weighted by molar-refractivity contribution is 5.93. The van der Waals surface area contributed by atoms with Crippen LogP contribution in [0.2, 0.25) is 0 Å². The Morgan fingerprint density at radius 3 is 2.50 bits per heavy atom. The van der Waals surface area contributed by atoms with Crippen LogP contribution in [0, 0.1) is 5.41 Å². The number of rotatable bonds is 3. The van der Waals surface area contributed by atoms with Crippen molar-refractivity contribution in [2.45, 2.75) is 19.8 Å². The van der Waals surface area contributed by atoms with Crippen LogP contribution in [0.5, 0.6) is 5.75 Å². The molecule has 1 aliphatic heterocycles. The molecular weight excluding hydrogens is 298 g/mol. The Kier molecular flexibility index (Phi) is 4.26. The van der Waals surface area contributed by atoms with Crippen LogP contribution in [-0.2, 0) is 0 Å². The van der Waals surface area contributed by atoms with E-state index < -0.39 is 6.09 Å². The molecule has 3 heteroatoms. The number of hydrogen-bond acceptors (Lipinski definition) is 2. The molecule has 122 valence electrons. The summed E-state index contributed by atoms with van der Waals surface area (Å²) in [7, 11) is 0. The Morgan fingerprint density at radius 2 is 1.79 bits per heavy atom. The topological polar surface area (TPSA) is 29.5 Å². The Morgan fingerprint density at radius 1 is 1.12 bits per heavy atom. The van der Waals surface area contributed by atoms with Crippen molar-refractivity contribution < 1.29 is 9.53 Å². The van der Waals surface area contributed by atoms with Gasteiger partial charge in [0, 0.05) is 12.1 Å². The first-order valence-corrected chi connectivity index (χ1v) is 8.00. The molecule has 0 saturated heterocycles. The lowest BCUT2D eigenvalue weighted by molar-refractivity contribution is 0.209. The summed E-state index contributed by atoms with van der Waals surface area (Å²) in [5, 5.41) is 0. The molecule has 2 aromatic rings. The highest BCUT2D eigenvalue weighted by Crippen LogP contribution is 2.44. The molecule has 24 heavy (non-hydrogen) atoms. The second-order valence-corrected chi connectivity index (χ2v) is 6.45. The molecule has 0 bridgehead atoms. The van der Waals surface area contributed by atoms with Crippen molar-refractivity contribution in [1.29, 1.82) is 0 Å². The molecule has 1 heterocycles. The van der Waals surface area contributed by atoms with Crippen LogP contribution < -0.4 is 9.64 Å². The highest BCUT2D eigenvalue weighted by atomic mass is 16.6. The first kappa shape index (κ1) is 16.1. The maximum absolute atomic E-state index is 12.6. The van der Waals surface area contributed by atoms with Crippen molar-refractivity contribution in [2.24, 2.45) is 5.41 Å². The van der Waals surface area contributed by atoms with Gasteiger partial charge in [-0.1, -0.05) is 62.4 Å². The van der Waals surface area contributed by atoms with Crippen molar-refractivity contribution in [3.63, 3.8) is 0 Å². The predicted molar refractivity (Wildman–Crippen MR) is 97.2 cm³/mol. The van der Waals surface area contributed by atoms with E-state index in [1.165, 1.54) is 0 Å². The maximum Gasteiger partial charge on any atom is 0.423 e. The van der Waals surface area contributed by atoms with E-state index in [2.05, 4.69) is 26.5 Å². The average Bonchev–Trinajstić information content (AvgIpc) is 2.61. The number of anilines is 1. The lowest BCUT2D eigenvalue weighted by Gasteiger charge is -2.36. The largest absolute Gasteiger partial charge is 0.423 e. The van der Waals surface area contributed by atoms with Gasteiger partial charge in [-0.25, -0.2) is 4.79 Å². The number of nitrogens with zero attached hydrogens (tertiary/aromatic N) is 1. The van der Waals surface area contributed by atoms with Crippen molar-refractivity contribution in [2.75, 3.05) is 4.90 Å². The van der Waals surface area contributed by atoms with Crippen LogP contribution in [0.3, 0.4) is 0 Å². The van der Waals surface area contributed by atoms with Crippen molar-refractivity contribution in [1.82, 2.24) is 0 Å². The number of hydrogen-bond donors (Lipinski definition) is 0. The fraction of sp³-hybridized carbons (Fsp3) is 0.190. The van der Waals surface area contributed by atoms with Crippen LogP contribution in [0.15, 0.2) is 79.5 Å². The van der Waals surface area contributed by atoms with E-state index in [1.807, 2.05) is 48.6 Å². The van der Waals surface area contributed by atoms with Crippen molar-refractivity contribution >= 4 is 11.8 Å². The zero-order valence-electron chi connectivity index (χ0n) is 14.0. The summed E-state index contributed by atoms with van der Waals surface area (Å²) in [5.41, 5.74) is 1.83. The number of fused-ring (bicyclic) bond motifs is 1. The van der Waals surface area contributed by atoms with E-state index >= 15 is 0 Å². The van der Waals surface area contributed by atoms with Gasteiger partial charge in [-0.05, 0) is 29.2 Å². The van der Waals surface area contributed by atoms with E-state index in [-0.39, 0.29) is 11.3 Å². The molecule has 0 spiro atoms. The number of carbonyl (C=O) groups is 1. The summed E-state index contributed by atoms with van der Waals surface area (Å²) in [5.74, 6) is 0.689. The number of ether oxygens (including phenoxy) is 1. The Labute approximate surface area is 142 Å². The average molecular weight is 319 g/mol. The summed E-state index contributed by atoms with van der Waals surface area (Å²) in [4.78, 5) is 14.1. The SMILES string of the molecule is C=CC(C)(C)C1C=CN(C(=O)Oc2ccccc2)c2ccccc21. The molecule has 0 radical (unpaired) electrons. The minimum atomic E-state index is -0.417. The lowest BCUT2D eigenvalue weighted by atomic mass is 9.73. The van der Waals surface area contributed by atoms with Gasteiger partial charge in [-0.2, -0.15) is 0 Å². The minimum absolute atomic E-state index is 0.109. The molecule has 2 aromatic carbocycles. The van der Waals surface area contributed by atoms with Gasteiger partial charge in [0.2, 0.25) is 0 Å². The molecule has 1 atom stereocenters. The van der Waals surface area contributed by atoms with Gasteiger partial charge >= 0.3 is 6.09 Å². The van der Waals surface area contributed by atoms with Gasteiger partial charge in [0.15, 0.2) is 0 Å². The van der Waals surface area contributed by atoms with Gasteiger partial charge in [-0.15, -0.1) is 6.58 Å². The Bertz CT molecular complexity index is 777. The molecule has 1 aliphatic rings. The Balaban J connectivity index is 1.93. The summed E-state index contributed by atoms with van der Waals surface area (Å²) in [6, 6.07) is 17.0. The van der Waals surface area contributed by atoms with Crippen LogP contribution in [0.25, 0.3) is 0 Å². The number of allylic oxidation sites excluding steroid dienone is 2. The smallest absolute Gasteiger partial charge is 0.410 e. The third-order valence-electron chi connectivity index (χ3n) is 4.43. The molecule has 1 unspecified atom stereocenters. The van der Waals surface area contributed by atoms with Crippen molar-refractivity contribution in [3.8, 4) is 5.75 Å². The number of amides is 1. The van der Waals surface area contributed by atoms with E-state index in [1.54, 1.807) is 23.2 Å². The number of para-hydroxylation sites is 2. The van der Waals surface area contributed by atoms with Crippen LogP contribution >= 0.6 is 0 Å². The minimum Gasteiger partial charge on any atom is -0.410 e. The second-order valence-electron chi connectivity index (χ2n) is 6.45. The zero-order chi connectivity index (χ0) is 17.2. The highest BCUT2D eigenvalue weighted by Gasteiger charge is 2.33. The van der Waals surface area contributed by atoms with Gasteiger partial charge in [0.25, 0.3) is 0 Å². The van der Waals surface area contributed by atoms with Crippen LogP contribution in [0.4, 0.5) is 10.5 Å². The number of carbonyl (C=O) groups excluding carboxylic acids is 1. The summed E-state index contributed by atoms with van der Waals surface area (Å²) >= 11 is 0. The van der Waals surface area contributed by atoms with E-state index in [4.69, 9.17) is 4.74 Å². The van der Waals surface area contributed by atoms with E-state index in [0.717, 1.165) is 11.3 Å². The van der Waals surface area contributed by atoms with E-state index in [9.17, 15) is 4.79 Å². The molecule has 3 rings (SSSR count). The zero-order valence-corrected chi connectivity index (χ0v) is 14.0. The predicted octanol–water partition coefficient (Wildman–Crippen LogP) is 5.52. The molecule has 0 fully saturated rings. The molecule has 3 nitrogen and oxygen atoms in total. The third-order valence-corrected chi connectivity index (χ3v) is 4.43. The molecular formula is C21H21NO2. The van der Waals surface area contributed by atoms with Gasteiger partial charge in [-0.3, -0.25) is 4.90 Å². The number of benzene rings is 2. The third kappa shape index (κ3) is 2.98. The first-order valence-electron chi connectivity index (χ1n) is 8.00. The fourth-order valence-corrected chi connectivity index (χ4v) is 2.90. The normalized spacial score (nSPS) is 16.4. The van der Waals surface area contributed by atoms with Gasteiger partial charge in [0.1, 0.15) is 5.75 Å². The van der Waals surface area contributed by atoms with Crippen molar-refractivity contribution in [3.05, 3.63) is 85.1 Å². The monoisotopic (exact) mass is 319 g/mol. The maximum atomic E-state index is 12.6. The molecule has 0 N–H and O–H groups in total. The summed E-state index contributed by atoms with van der Waals surface area (Å²) in [6.45, 7) is 8.24. The molecule has 0 saturated carbocycles. The lowest BCUT2D eigenvalue weighted by Crippen LogP contribution is -2.33. The standard InChI is InChI=1S/C21H21NO2/c1-4-21(2,3)18-14-15-22(19-13-9-8-12-17(18)19)20(23)24-16-10-6-5-7-11-16/h4-15,18H,1H2,2-3H3. The second kappa shape index (κ2) is 6.36. The summed E-state index contributed by atoms with van der Waals surface area (Å²) < 4.78 is 5.47. The van der Waals surface area contributed by atoms with Crippen LogP contribution in [-0.4, -0.2) is 6.09 Å². The van der Waals surface area contributed by atoms with Crippen LogP contribution in [0.1, 0.15) is 25.3 Å². The quantitative estimate of drug-likeness (QED) is 0.698. The fourth-order valence-electron chi connectivity index (χ4n) is 2.90. The van der Waals surface area contributed by atoms with Gasteiger partial charge < -0.3 is 4.74 Å². The Hall–Kier alpha value is -2.81. The molecule has 0 aromatic heterocycles. The molecule has 0 aliphatic carbocycles. The van der Waals surface area contributed by atoms with E-state index in [0.29, 0.717) is 5.75 Å².